The molecule has 0 fully saturated rings. The van der Waals surface area contributed by atoms with Gasteiger partial charge in [0.2, 0.25) is 11.2 Å². The number of phenols is 4. The van der Waals surface area contributed by atoms with E-state index < -0.39 is 22.7 Å². The topological polar surface area (TPSA) is 131 Å². The first kappa shape index (κ1) is 16.8. The van der Waals surface area contributed by atoms with E-state index in [0.717, 1.165) is 24.3 Å². The van der Waals surface area contributed by atoms with E-state index in [-0.39, 0.29) is 56.8 Å². The van der Waals surface area contributed by atoms with Crippen molar-refractivity contribution in [2.24, 2.45) is 0 Å². The maximum atomic E-state index is 12.1. The number of hydrogen-bond acceptors (Lipinski definition) is 7. The van der Waals surface area contributed by atoms with E-state index in [1.807, 2.05) is 0 Å². The molecule has 1 heterocycles. The van der Waals surface area contributed by atoms with E-state index in [0.29, 0.717) is 0 Å². The Labute approximate surface area is 144 Å². The van der Waals surface area contributed by atoms with Gasteiger partial charge in [0.1, 0.15) is 22.5 Å². The normalized spacial score (nSPS) is 10.4. The molecule has 0 unspecified atom stereocenters. The average Bonchev–Trinajstić information content (AvgIpc) is 2.45. The van der Waals surface area contributed by atoms with E-state index in [4.69, 9.17) is 4.42 Å². The molecule has 0 saturated carbocycles. The molecule has 0 amide bonds. The standard InChI is InChI=1S/C15H10O7.Mg.2H/c16-7-4-10(19)12-11(5-7)22-15(14(21)13(12)20)6-1-2-8(17)9(18)3-6;;;/h1-5,16-19,21H;;;. The minimum atomic E-state index is -0.888. The van der Waals surface area contributed by atoms with Crippen molar-refractivity contribution in [2.75, 3.05) is 0 Å². The maximum Gasteiger partial charge on any atom is 0.316 e. The van der Waals surface area contributed by atoms with Crippen LogP contribution in [0.25, 0.3) is 22.3 Å². The van der Waals surface area contributed by atoms with Gasteiger partial charge < -0.3 is 29.9 Å². The molecule has 0 aliphatic rings. The van der Waals surface area contributed by atoms with E-state index in [9.17, 15) is 30.3 Å². The third kappa shape index (κ3) is 2.73. The Balaban J connectivity index is 0.00000192. The van der Waals surface area contributed by atoms with Gasteiger partial charge >= 0.3 is 23.1 Å². The van der Waals surface area contributed by atoms with Crippen LogP contribution in [0.3, 0.4) is 0 Å². The highest BCUT2D eigenvalue weighted by Crippen LogP contribution is 2.37. The maximum absolute atomic E-state index is 12.1. The van der Waals surface area contributed by atoms with Crippen LogP contribution in [0.5, 0.6) is 28.7 Å². The first-order chi connectivity index (χ1) is 10.4. The highest BCUT2D eigenvalue weighted by Gasteiger charge is 2.19. The average molecular weight is 329 g/mol. The van der Waals surface area contributed by atoms with E-state index >= 15 is 0 Å². The number of benzene rings is 2. The van der Waals surface area contributed by atoms with Crippen molar-refractivity contribution in [2.45, 2.75) is 0 Å². The molecule has 116 valence electrons. The first-order valence-corrected chi connectivity index (χ1v) is 6.12. The molecular formula is C15H12MgO7. The van der Waals surface area contributed by atoms with Crippen LogP contribution >= 0.6 is 0 Å². The molecule has 0 spiro atoms. The second kappa shape index (κ2) is 5.90. The van der Waals surface area contributed by atoms with Gasteiger partial charge in [0.05, 0.1) is 0 Å². The van der Waals surface area contributed by atoms with Gasteiger partial charge in [0.25, 0.3) is 0 Å². The zero-order chi connectivity index (χ0) is 16.0. The fourth-order valence-corrected chi connectivity index (χ4v) is 2.14. The van der Waals surface area contributed by atoms with E-state index in [2.05, 4.69) is 0 Å². The van der Waals surface area contributed by atoms with Gasteiger partial charge in [0.15, 0.2) is 17.3 Å². The second-order valence-electron chi connectivity index (χ2n) is 4.65. The van der Waals surface area contributed by atoms with E-state index in [1.165, 1.54) is 6.07 Å². The smallest absolute Gasteiger partial charge is 0.316 e. The van der Waals surface area contributed by atoms with Crippen molar-refractivity contribution in [3.05, 3.63) is 40.6 Å². The third-order valence-corrected chi connectivity index (χ3v) is 3.17. The van der Waals surface area contributed by atoms with Crippen LogP contribution in [0.1, 0.15) is 0 Å². The van der Waals surface area contributed by atoms with Crippen LogP contribution in [0.2, 0.25) is 0 Å². The van der Waals surface area contributed by atoms with Crippen molar-refractivity contribution in [1.82, 2.24) is 0 Å². The fraction of sp³-hybridized carbons (Fsp3) is 0. The van der Waals surface area contributed by atoms with Crippen molar-refractivity contribution < 1.29 is 29.9 Å². The van der Waals surface area contributed by atoms with Crippen LogP contribution in [0.15, 0.2) is 39.5 Å². The summed E-state index contributed by atoms with van der Waals surface area (Å²) in [4.78, 5) is 12.1. The lowest BCUT2D eigenvalue weighted by Gasteiger charge is -2.08. The Bertz CT molecular complexity index is 962. The number of hydrogen-bond donors (Lipinski definition) is 5. The quantitative estimate of drug-likeness (QED) is 0.333. The van der Waals surface area contributed by atoms with Crippen LogP contribution in [0.4, 0.5) is 0 Å². The zero-order valence-corrected chi connectivity index (χ0v) is 10.9. The molecule has 0 aliphatic heterocycles. The Morgan fingerprint density at radius 1 is 0.826 bits per heavy atom. The van der Waals surface area contributed by atoms with Gasteiger partial charge in [-0.3, -0.25) is 4.79 Å². The monoisotopic (exact) mass is 328 g/mol. The molecule has 3 aromatic rings. The first-order valence-electron chi connectivity index (χ1n) is 6.12. The summed E-state index contributed by atoms with van der Waals surface area (Å²) in [6.07, 6.45) is 0. The Kier molecular flexibility index (Phi) is 4.30. The minimum absolute atomic E-state index is 0. The molecule has 3 rings (SSSR count). The molecule has 8 heteroatoms. The summed E-state index contributed by atoms with van der Waals surface area (Å²) in [5, 5.41) is 47.6. The summed E-state index contributed by atoms with van der Waals surface area (Å²) in [5.74, 6) is -2.71. The Hall–Kier alpha value is -2.58. The Morgan fingerprint density at radius 3 is 2.17 bits per heavy atom. The number of rotatable bonds is 1. The molecule has 5 N–H and O–H groups in total. The molecule has 23 heavy (non-hydrogen) atoms. The number of fused-ring (bicyclic) bond motifs is 1. The zero-order valence-electron chi connectivity index (χ0n) is 10.9. The predicted molar refractivity (Wildman–Crippen MR) is 84.8 cm³/mol. The molecule has 1 aromatic heterocycles. The summed E-state index contributed by atoms with van der Waals surface area (Å²) in [6.45, 7) is 0. The van der Waals surface area contributed by atoms with Crippen molar-refractivity contribution in [3.63, 3.8) is 0 Å². The Morgan fingerprint density at radius 2 is 1.52 bits per heavy atom. The number of aromatic hydroxyl groups is 5. The van der Waals surface area contributed by atoms with Crippen molar-refractivity contribution in [1.29, 1.82) is 0 Å². The largest absolute Gasteiger partial charge is 0.508 e. The molecular weight excluding hydrogens is 316 g/mol. The van der Waals surface area contributed by atoms with Gasteiger partial charge in [-0.2, -0.15) is 0 Å². The van der Waals surface area contributed by atoms with Gasteiger partial charge in [0, 0.05) is 17.7 Å². The molecule has 0 saturated heterocycles. The molecule has 7 nitrogen and oxygen atoms in total. The van der Waals surface area contributed by atoms with Gasteiger partial charge in [-0.05, 0) is 18.2 Å². The van der Waals surface area contributed by atoms with Crippen LogP contribution in [-0.4, -0.2) is 48.6 Å². The molecule has 0 bridgehead atoms. The van der Waals surface area contributed by atoms with Crippen molar-refractivity contribution >= 4 is 34.0 Å². The minimum Gasteiger partial charge on any atom is -0.508 e. The molecule has 2 aromatic carbocycles. The van der Waals surface area contributed by atoms with Crippen LogP contribution in [0, 0.1) is 0 Å². The summed E-state index contributed by atoms with van der Waals surface area (Å²) in [7, 11) is 0. The van der Waals surface area contributed by atoms with Crippen LogP contribution in [-0.2, 0) is 0 Å². The molecule has 0 atom stereocenters. The lowest BCUT2D eigenvalue weighted by Crippen LogP contribution is -2.02. The number of phenolic OH excluding ortho intramolecular Hbond substituents is 4. The highest BCUT2D eigenvalue weighted by atomic mass is 24.3. The predicted octanol–water partition coefficient (Wildman–Crippen LogP) is 1.07. The van der Waals surface area contributed by atoms with E-state index in [1.54, 1.807) is 0 Å². The van der Waals surface area contributed by atoms with Crippen LogP contribution < -0.4 is 5.43 Å². The lowest BCUT2D eigenvalue weighted by molar-refractivity contribution is 0.403. The third-order valence-electron chi connectivity index (χ3n) is 3.17. The summed E-state index contributed by atoms with van der Waals surface area (Å²) < 4.78 is 5.35. The molecule has 0 aliphatic carbocycles. The summed E-state index contributed by atoms with van der Waals surface area (Å²) >= 11 is 0. The summed E-state index contributed by atoms with van der Waals surface area (Å²) in [5.41, 5.74) is -0.890. The SMILES string of the molecule is O=c1c(O)c(-c2ccc(O)c(O)c2)oc2cc(O)cc(O)c12.[MgH2]. The lowest BCUT2D eigenvalue weighted by atomic mass is 10.1. The second-order valence-corrected chi connectivity index (χ2v) is 4.65. The van der Waals surface area contributed by atoms with Crippen molar-refractivity contribution in [3.8, 4) is 40.1 Å². The molecule has 0 radical (unpaired) electrons. The van der Waals surface area contributed by atoms with Gasteiger partial charge in [-0.25, -0.2) is 0 Å². The highest BCUT2D eigenvalue weighted by molar-refractivity contribution is 5.88. The van der Waals surface area contributed by atoms with Gasteiger partial charge in [-0.15, -0.1) is 0 Å². The summed E-state index contributed by atoms with van der Waals surface area (Å²) in [6, 6.07) is 5.64. The van der Waals surface area contributed by atoms with Gasteiger partial charge in [-0.1, -0.05) is 0 Å². The fourth-order valence-electron chi connectivity index (χ4n) is 2.14.